The van der Waals surface area contributed by atoms with Crippen molar-refractivity contribution in [2.24, 2.45) is 0 Å². The van der Waals surface area contributed by atoms with Crippen LogP contribution in [0.15, 0.2) is 48.5 Å². The molecule has 0 heterocycles. The fourth-order valence-corrected chi connectivity index (χ4v) is 1.92. The summed E-state index contributed by atoms with van der Waals surface area (Å²) in [4.78, 5) is 12.2. The Morgan fingerprint density at radius 1 is 1.05 bits per heavy atom. The second kappa shape index (κ2) is 6.24. The molecule has 0 aliphatic heterocycles. The molecule has 0 saturated heterocycles. The number of ether oxygens (including phenoxy) is 1. The molecular weight excluding hydrogens is 250 g/mol. The van der Waals surface area contributed by atoms with Crippen molar-refractivity contribution < 1.29 is 9.53 Å². The second-order valence-corrected chi connectivity index (χ2v) is 4.96. The van der Waals surface area contributed by atoms with Crippen molar-refractivity contribution in [2.45, 2.75) is 26.9 Å². The van der Waals surface area contributed by atoms with Crippen LogP contribution in [0.5, 0.6) is 5.75 Å². The van der Waals surface area contributed by atoms with Gasteiger partial charge in [0.15, 0.2) is 0 Å². The van der Waals surface area contributed by atoms with E-state index < -0.39 is 0 Å². The molecule has 0 atom stereocenters. The van der Waals surface area contributed by atoms with Crippen LogP contribution in [0.1, 0.15) is 29.8 Å². The van der Waals surface area contributed by atoms with E-state index in [1.165, 1.54) is 0 Å². The van der Waals surface area contributed by atoms with Crippen molar-refractivity contribution in [3.8, 4) is 5.75 Å². The van der Waals surface area contributed by atoms with Gasteiger partial charge in [-0.1, -0.05) is 18.2 Å². The van der Waals surface area contributed by atoms with Crippen LogP contribution in [0, 0.1) is 6.92 Å². The first-order valence-corrected chi connectivity index (χ1v) is 6.70. The minimum atomic E-state index is -0.0966. The standard InChI is InChI=1S/C17H19NO2/c1-12(2)20-15-10-8-14(9-11-15)18-17(19)16-7-5-4-6-13(16)3/h4-12H,1-3H3,(H,18,19). The number of amides is 1. The van der Waals surface area contributed by atoms with Gasteiger partial charge in [-0.15, -0.1) is 0 Å². The Balaban J connectivity index is 2.07. The number of hydrogen-bond acceptors (Lipinski definition) is 2. The molecule has 2 aromatic rings. The normalized spacial score (nSPS) is 10.4. The Morgan fingerprint density at radius 3 is 2.30 bits per heavy atom. The fourth-order valence-electron chi connectivity index (χ4n) is 1.92. The van der Waals surface area contributed by atoms with E-state index in [1.807, 2.05) is 69.3 Å². The van der Waals surface area contributed by atoms with Crippen LogP contribution in [-0.4, -0.2) is 12.0 Å². The molecule has 1 amide bonds. The Morgan fingerprint density at radius 2 is 1.70 bits per heavy atom. The summed E-state index contributed by atoms with van der Waals surface area (Å²) in [6, 6.07) is 14.9. The zero-order valence-electron chi connectivity index (χ0n) is 12.0. The molecule has 0 bridgehead atoms. The first kappa shape index (κ1) is 14.1. The summed E-state index contributed by atoms with van der Waals surface area (Å²) in [7, 11) is 0. The number of hydrogen-bond donors (Lipinski definition) is 1. The molecule has 3 heteroatoms. The van der Waals surface area contributed by atoms with E-state index in [4.69, 9.17) is 4.74 Å². The summed E-state index contributed by atoms with van der Waals surface area (Å²) < 4.78 is 5.57. The van der Waals surface area contributed by atoms with E-state index >= 15 is 0 Å². The van der Waals surface area contributed by atoms with E-state index in [-0.39, 0.29) is 12.0 Å². The van der Waals surface area contributed by atoms with Gasteiger partial charge in [0, 0.05) is 11.3 Å². The summed E-state index contributed by atoms with van der Waals surface area (Å²) in [6.45, 7) is 5.89. The van der Waals surface area contributed by atoms with Gasteiger partial charge in [0.2, 0.25) is 0 Å². The van der Waals surface area contributed by atoms with Gasteiger partial charge < -0.3 is 10.1 Å². The molecule has 104 valence electrons. The van der Waals surface area contributed by atoms with Crippen molar-refractivity contribution in [3.63, 3.8) is 0 Å². The number of aryl methyl sites for hydroxylation is 1. The van der Waals surface area contributed by atoms with Gasteiger partial charge >= 0.3 is 0 Å². The lowest BCUT2D eigenvalue weighted by Gasteiger charge is -2.11. The third-order valence-electron chi connectivity index (χ3n) is 2.87. The van der Waals surface area contributed by atoms with Crippen LogP contribution in [0.4, 0.5) is 5.69 Å². The number of anilines is 1. The van der Waals surface area contributed by atoms with Crippen LogP contribution in [0.3, 0.4) is 0 Å². The highest BCUT2D eigenvalue weighted by molar-refractivity contribution is 6.05. The molecule has 0 aliphatic carbocycles. The van der Waals surface area contributed by atoms with Gasteiger partial charge in [-0.25, -0.2) is 0 Å². The molecule has 0 unspecified atom stereocenters. The quantitative estimate of drug-likeness (QED) is 0.909. The second-order valence-electron chi connectivity index (χ2n) is 4.96. The van der Waals surface area contributed by atoms with Crippen LogP contribution < -0.4 is 10.1 Å². The maximum atomic E-state index is 12.2. The predicted molar refractivity (Wildman–Crippen MR) is 81.3 cm³/mol. The van der Waals surface area contributed by atoms with E-state index in [1.54, 1.807) is 0 Å². The molecule has 0 aliphatic rings. The van der Waals surface area contributed by atoms with Gasteiger partial charge in [0.1, 0.15) is 5.75 Å². The first-order chi connectivity index (χ1) is 9.56. The topological polar surface area (TPSA) is 38.3 Å². The number of carbonyl (C=O) groups excluding carboxylic acids is 1. The minimum Gasteiger partial charge on any atom is -0.491 e. The Labute approximate surface area is 119 Å². The Bertz CT molecular complexity index is 588. The zero-order chi connectivity index (χ0) is 14.5. The summed E-state index contributed by atoms with van der Waals surface area (Å²) >= 11 is 0. The molecule has 0 saturated carbocycles. The third-order valence-corrected chi connectivity index (χ3v) is 2.87. The molecule has 20 heavy (non-hydrogen) atoms. The Kier molecular flexibility index (Phi) is 4.41. The summed E-state index contributed by atoms with van der Waals surface area (Å²) in [5.74, 6) is 0.703. The smallest absolute Gasteiger partial charge is 0.255 e. The molecule has 2 aromatic carbocycles. The van der Waals surface area contributed by atoms with Gasteiger partial charge in [-0.2, -0.15) is 0 Å². The van der Waals surface area contributed by atoms with Crippen LogP contribution >= 0.6 is 0 Å². The highest BCUT2D eigenvalue weighted by atomic mass is 16.5. The molecule has 0 radical (unpaired) electrons. The van der Waals surface area contributed by atoms with Crippen LogP contribution in [-0.2, 0) is 0 Å². The maximum Gasteiger partial charge on any atom is 0.255 e. The van der Waals surface area contributed by atoms with Gasteiger partial charge in [-0.3, -0.25) is 4.79 Å². The molecular formula is C17H19NO2. The highest BCUT2D eigenvalue weighted by Gasteiger charge is 2.08. The van der Waals surface area contributed by atoms with Crippen molar-refractivity contribution >= 4 is 11.6 Å². The van der Waals surface area contributed by atoms with Crippen molar-refractivity contribution in [2.75, 3.05) is 5.32 Å². The van der Waals surface area contributed by atoms with E-state index in [2.05, 4.69) is 5.32 Å². The predicted octanol–water partition coefficient (Wildman–Crippen LogP) is 4.03. The van der Waals surface area contributed by atoms with Gasteiger partial charge in [0.05, 0.1) is 6.10 Å². The molecule has 0 aromatic heterocycles. The van der Waals surface area contributed by atoms with E-state index in [0.717, 1.165) is 17.0 Å². The highest BCUT2D eigenvalue weighted by Crippen LogP contribution is 2.18. The maximum absolute atomic E-state index is 12.2. The lowest BCUT2D eigenvalue weighted by molar-refractivity contribution is 0.102. The van der Waals surface area contributed by atoms with Crippen molar-refractivity contribution in [1.82, 2.24) is 0 Å². The molecule has 3 nitrogen and oxygen atoms in total. The SMILES string of the molecule is Cc1ccccc1C(=O)Nc1ccc(OC(C)C)cc1. The van der Waals surface area contributed by atoms with Crippen LogP contribution in [0.2, 0.25) is 0 Å². The lowest BCUT2D eigenvalue weighted by Crippen LogP contribution is -2.13. The minimum absolute atomic E-state index is 0.0966. The molecule has 2 rings (SSSR count). The number of nitrogens with one attached hydrogen (secondary N) is 1. The molecule has 0 spiro atoms. The average Bonchev–Trinajstić information content (AvgIpc) is 2.41. The summed E-state index contributed by atoms with van der Waals surface area (Å²) in [5.41, 5.74) is 2.41. The van der Waals surface area contributed by atoms with Crippen molar-refractivity contribution in [3.05, 3.63) is 59.7 Å². The Hall–Kier alpha value is -2.29. The van der Waals surface area contributed by atoms with E-state index in [9.17, 15) is 4.79 Å². The summed E-state index contributed by atoms with van der Waals surface area (Å²) in [5, 5.41) is 2.89. The third kappa shape index (κ3) is 3.60. The largest absolute Gasteiger partial charge is 0.491 e. The molecule has 1 N–H and O–H groups in total. The van der Waals surface area contributed by atoms with Crippen molar-refractivity contribution in [1.29, 1.82) is 0 Å². The lowest BCUT2D eigenvalue weighted by atomic mass is 10.1. The summed E-state index contributed by atoms with van der Waals surface area (Å²) in [6.07, 6.45) is 0.141. The number of rotatable bonds is 4. The van der Waals surface area contributed by atoms with E-state index in [0.29, 0.717) is 5.56 Å². The molecule has 0 fully saturated rings. The monoisotopic (exact) mass is 269 g/mol. The number of carbonyl (C=O) groups is 1. The average molecular weight is 269 g/mol. The first-order valence-electron chi connectivity index (χ1n) is 6.70. The number of benzene rings is 2. The van der Waals surface area contributed by atoms with Crippen LogP contribution in [0.25, 0.3) is 0 Å². The van der Waals surface area contributed by atoms with Gasteiger partial charge in [0.25, 0.3) is 5.91 Å². The fraction of sp³-hybridized carbons (Fsp3) is 0.235. The van der Waals surface area contributed by atoms with Gasteiger partial charge in [-0.05, 0) is 56.7 Å². The zero-order valence-corrected chi connectivity index (χ0v) is 12.0.